The predicted molar refractivity (Wildman–Crippen MR) is 99.2 cm³/mol. The van der Waals surface area contributed by atoms with Gasteiger partial charge in [-0.25, -0.2) is 4.79 Å². The maximum atomic E-state index is 11.9. The molecule has 2 aromatic carbocycles. The van der Waals surface area contributed by atoms with Crippen molar-refractivity contribution in [3.8, 4) is 0 Å². The monoisotopic (exact) mass is 363 g/mol. The Morgan fingerprint density at radius 2 is 1.70 bits per heavy atom. The summed E-state index contributed by atoms with van der Waals surface area (Å²) in [6, 6.07) is 16.2. The molecular weight excluding hydrogens is 346 g/mol. The quantitative estimate of drug-likeness (QED) is 0.534. The molecule has 27 heavy (non-hydrogen) atoms. The minimum Gasteiger partial charge on any atom is -0.452 e. The first-order valence-corrected chi connectivity index (χ1v) is 8.12. The third-order valence-electron chi connectivity index (χ3n) is 3.46. The number of carbonyl (C=O) groups excluding carboxylic acids is 2. The second-order valence-electron chi connectivity index (χ2n) is 5.61. The van der Waals surface area contributed by atoms with Crippen LogP contribution in [0.15, 0.2) is 77.2 Å². The summed E-state index contributed by atoms with van der Waals surface area (Å²) in [7, 11) is 1.69. The fourth-order valence-corrected chi connectivity index (χ4v) is 2.16. The van der Waals surface area contributed by atoms with Gasteiger partial charge < -0.3 is 10.1 Å². The number of esters is 1. The van der Waals surface area contributed by atoms with E-state index < -0.39 is 11.9 Å². The van der Waals surface area contributed by atoms with Gasteiger partial charge in [0, 0.05) is 18.9 Å². The molecule has 1 heterocycles. The van der Waals surface area contributed by atoms with Crippen LogP contribution in [0.1, 0.15) is 10.4 Å². The zero-order valence-corrected chi connectivity index (χ0v) is 14.6. The van der Waals surface area contributed by atoms with Gasteiger partial charge >= 0.3 is 5.97 Å². The largest absolute Gasteiger partial charge is 0.452 e. The summed E-state index contributed by atoms with van der Waals surface area (Å²) in [5.74, 6) is -1.04. The van der Waals surface area contributed by atoms with Crippen molar-refractivity contribution in [1.29, 1.82) is 0 Å². The molecule has 0 bridgehead atoms. The number of nitrogens with one attached hydrogen (secondary N) is 1. The topological polar surface area (TPSA) is 97.9 Å². The Morgan fingerprint density at radius 1 is 1.04 bits per heavy atom. The molecule has 136 valence electrons. The van der Waals surface area contributed by atoms with Crippen LogP contribution in [-0.2, 0) is 16.6 Å². The first kappa shape index (κ1) is 18.0. The van der Waals surface area contributed by atoms with Crippen LogP contribution in [0.5, 0.6) is 0 Å². The molecule has 0 unspecified atom stereocenters. The number of hydrogen-bond acceptors (Lipinski definition) is 6. The van der Waals surface area contributed by atoms with Crippen LogP contribution in [0.2, 0.25) is 0 Å². The van der Waals surface area contributed by atoms with Gasteiger partial charge in [0.05, 0.1) is 23.1 Å². The second-order valence-corrected chi connectivity index (χ2v) is 5.61. The number of anilines is 1. The highest BCUT2D eigenvalue weighted by atomic mass is 16.5. The van der Waals surface area contributed by atoms with Crippen molar-refractivity contribution in [2.45, 2.75) is 0 Å². The average molecular weight is 363 g/mol. The zero-order valence-electron chi connectivity index (χ0n) is 14.6. The van der Waals surface area contributed by atoms with Crippen molar-refractivity contribution in [2.75, 3.05) is 11.9 Å². The summed E-state index contributed by atoms with van der Waals surface area (Å²) in [6.45, 7) is -0.386. The molecular formula is C19H17N5O3. The van der Waals surface area contributed by atoms with Crippen molar-refractivity contribution in [3.63, 3.8) is 0 Å². The van der Waals surface area contributed by atoms with E-state index in [2.05, 4.69) is 20.6 Å². The fourth-order valence-electron chi connectivity index (χ4n) is 2.16. The zero-order chi connectivity index (χ0) is 19.1. The van der Waals surface area contributed by atoms with Crippen molar-refractivity contribution in [1.82, 2.24) is 9.78 Å². The molecule has 1 N–H and O–H groups in total. The Hall–Kier alpha value is -3.81. The number of azo groups is 1. The number of ether oxygens (including phenoxy) is 1. The van der Waals surface area contributed by atoms with Crippen molar-refractivity contribution >= 4 is 28.9 Å². The summed E-state index contributed by atoms with van der Waals surface area (Å²) in [4.78, 5) is 23.7. The molecule has 0 spiro atoms. The van der Waals surface area contributed by atoms with Gasteiger partial charge in [-0.05, 0) is 36.4 Å². The number of aromatic nitrogens is 2. The molecule has 8 heteroatoms. The molecule has 0 saturated heterocycles. The lowest BCUT2D eigenvalue weighted by atomic mass is 10.3. The maximum absolute atomic E-state index is 11.9. The first-order valence-electron chi connectivity index (χ1n) is 8.12. The highest BCUT2D eigenvalue weighted by Crippen LogP contribution is 2.20. The minimum absolute atomic E-state index is 0.290. The van der Waals surface area contributed by atoms with E-state index in [0.717, 1.165) is 5.69 Å². The van der Waals surface area contributed by atoms with E-state index in [4.69, 9.17) is 4.74 Å². The Kier molecular flexibility index (Phi) is 5.68. The van der Waals surface area contributed by atoms with E-state index in [1.54, 1.807) is 31.3 Å². The number of rotatable bonds is 6. The van der Waals surface area contributed by atoms with Gasteiger partial charge in [-0.1, -0.05) is 18.2 Å². The van der Waals surface area contributed by atoms with Gasteiger partial charge in [0.15, 0.2) is 6.61 Å². The fraction of sp³-hybridized carbons (Fsp3) is 0.105. The SMILES string of the molecule is Cn1cc(C(=O)OCC(=O)Nc2ccc(N=Nc3ccccc3)cc2)cn1. The lowest BCUT2D eigenvalue weighted by molar-refractivity contribution is -0.119. The van der Waals surface area contributed by atoms with Crippen LogP contribution in [-0.4, -0.2) is 28.3 Å². The smallest absolute Gasteiger partial charge is 0.341 e. The van der Waals surface area contributed by atoms with Crippen molar-refractivity contribution in [3.05, 3.63) is 72.6 Å². The predicted octanol–water partition coefficient (Wildman–Crippen LogP) is 3.63. The molecule has 0 aliphatic heterocycles. The first-order chi connectivity index (χ1) is 13.1. The third-order valence-corrected chi connectivity index (χ3v) is 3.46. The van der Waals surface area contributed by atoms with Gasteiger partial charge in [-0.3, -0.25) is 9.48 Å². The molecule has 0 saturated carbocycles. The van der Waals surface area contributed by atoms with Crippen LogP contribution >= 0.6 is 0 Å². The molecule has 0 aliphatic carbocycles. The molecule has 1 aromatic heterocycles. The molecule has 3 aromatic rings. The maximum Gasteiger partial charge on any atom is 0.341 e. The summed E-state index contributed by atoms with van der Waals surface area (Å²) in [6.07, 6.45) is 2.89. The standard InChI is InChI=1S/C19H17N5O3/c1-24-12-14(11-20-24)19(26)27-13-18(25)21-15-7-9-17(10-8-15)23-22-16-5-3-2-4-6-16/h2-12H,13H2,1H3,(H,21,25). The van der Waals surface area contributed by atoms with Crippen LogP contribution in [0.25, 0.3) is 0 Å². The Labute approximate surface area is 155 Å². The van der Waals surface area contributed by atoms with Gasteiger partial charge in [0.25, 0.3) is 5.91 Å². The second kappa shape index (κ2) is 8.52. The number of amides is 1. The van der Waals surface area contributed by atoms with E-state index in [1.165, 1.54) is 17.1 Å². The van der Waals surface area contributed by atoms with Crippen LogP contribution in [0.4, 0.5) is 17.1 Å². The molecule has 0 radical (unpaired) electrons. The number of aryl methyl sites for hydroxylation is 1. The number of hydrogen-bond donors (Lipinski definition) is 1. The van der Waals surface area contributed by atoms with Crippen LogP contribution in [0.3, 0.4) is 0 Å². The average Bonchev–Trinajstić information content (AvgIpc) is 3.13. The summed E-state index contributed by atoms with van der Waals surface area (Å²) >= 11 is 0. The lowest BCUT2D eigenvalue weighted by Gasteiger charge is -2.06. The van der Waals surface area contributed by atoms with Crippen LogP contribution in [0, 0.1) is 0 Å². The van der Waals surface area contributed by atoms with E-state index in [9.17, 15) is 9.59 Å². The van der Waals surface area contributed by atoms with Gasteiger partial charge in [-0.15, -0.1) is 0 Å². The van der Waals surface area contributed by atoms with Crippen molar-refractivity contribution < 1.29 is 14.3 Å². The Bertz CT molecular complexity index is 949. The van der Waals surface area contributed by atoms with Crippen molar-refractivity contribution in [2.24, 2.45) is 17.3 Å². The summed E-state index contributed by atoms with van der Waals surface area (Å²) in [5, 5.41) is 14.8. The molecule has 0 atom stereocenters. The highest BCUT2D eigenvalue weighted by Gasteiger charge is 2.12. The molecule has 0 aliphatic rings. The van der Waals surface area contributed by atoms with Crippen LogP contribution < -0.4 is 5.32 Å². The minimum atomic E-state index is -0.602. The Balaban J connectivity index is 1.49. The van der Waals surface area contributed by atoms with Gasteiger partial charge in [-0.2, -0.15) is 15.3 Å². The number of nitrogens with zero attached hydrogens (tertiary/aromatic N) is 4. The van der Waals surface area contributed by atoms with Gasteiger partial charge in [0.2, 0.25) is 0 Å². The van der Waals surface area contributed by atoms with Gasteiger partial charge in [0.1, 0.15) is 0 Å². The van der Waals surface area contributed by atoms with E-state index in [0.29, 0.717) is 16.9 Å². The molecule has 8 nitrogen and oxygen atoms in total. The van der Waals surface area contributed by atoms with E-state index in [1.807, 2.05) is 30.3 Å². The molecule has 1 amide bonds. The normalized spacial score (nSPS) is 10.7. The Morgan fingerprint density at radius 3 is 2.33 bits per heavy atom. The molecule has 0 fully saturated rings. The third kappa shape index (κ3) is 5.33. The summed E-state index contributed by atoms with van der Waals surface area (Å²) < 4.78 is 6.43. The summed E-state index contributed by atoms with van der Waals surface area (Å²) in [5.41, 5.74) is 2.26. The van der Waals surface area contributed by atoms with E-state index >= 15 is 0 Å². The lowest BCUT2D eigenvalue weighted by Crippen LogP contribution is -2.20. The number of benzene rings is 2. The number of carbonyl (C=O) groups is 2. The van der Waals surface area contributed by atoms with E-state index in [-0.39, 0.29) is 6.61 Å². The molecule has 3 rings (SSSR count). The highest BCUT2D eigenvalue weighted by molar-refractivity contribution is 5.95.